The van der Waals surface area contributed by atoms with Crippen LogP contribution >= 0.6 is 0 Å². The molecule has 0 aliphatic carbocycles. The van der Waals surface area contributed by atoms with Crippen molar-refractivity contribution in [2.45, 2.75) is 23.5 Å². The van der Waals surface area contributed by atoms with Crippen molar-refractivity contribution in [2.24, 2.45) is 0 Å². The Balaban J connectivity index is 2.79. The van der Waals surface area contributed by atoms with Gasteiger partial charge in [-0.2, -0.15) is 0 Å². The number of nitriles is 2. The minimum absolute atomic E-state index is 0.533. The molecule has 0 bridgehead atoms. The molecule has 0 saturated carbocycles. The summed E-state index contributed by atoms with van der Waals surface area (Å²) in [5.41, 5.74) is 0. The van der Waals surface area contributed by atoms with E-state index in [9.17, 15) is 0 Å². The van der Waals surface area contributed by atoms with Crippen LogP contribution in [0.25, 0.3) is 0 Å². The quantitative estimate of drug-likeness (QED) is 0.492. The van der Waals surface area contributed by atoms with E-state index < -0.39 is 0 Å². The molecule has 2 nitrogen and oxygen atoms in total. The van der Waals surface area contributed by atoms with Gasteiger partial charge in [-0.15, -0.1) is 0 Å². The Morgan fingerprint density at radius 3 is 1.78 bits per heavy atom. The van der Waals surface area contributed by atoms with Crippen LogP contribution in [-0.2, 0) is 0 Å². The molecule has 0 aromatic heterocycles. The summed E-state index contributed by atoms with van der Waals surface area (Å²) >= 11 is 0.533. The van der Waals surface area contributed by atoms with Crippen molar-refractivity contribution in [2.75, 3.05) is 0 Å². The zero-order valence-corrected chi connectivity index (χ0v) is 6.84. The maximum absolute atomic E-state index is 8.12. The third-order valence-corrected chi connectivity index (χ3v) is 2.78. The maximum atomic E-state index is 8.12. The van der Waals surface area contributed by atoms with E-state index in [1.807, 2.05) is 0 Å². The Morgan fingerprint density at radius 2 is 1.44 bits per heavy atom. The third-order valence-electron chi connectivity index (χ3n) is 0.716. The number of hydrogen-bond acceptors (Lipinski definition) is 2. The Labute approximate surface area is 61.6 Å². The van der Waals surface area contributed by atoms with Crippen LogP contribution < -0.4 is 0 Å². The van der Waals surface area contributed by atoms with Crippen molar-refractivity contribution >= 4 is 15.0 Å². The minimum atomic E-state index is 0.533. The van der Waals surface area contributed by atoms with E-state index in [0.29, 0.717) is 27.8 Å². The average Bonchev–Trinajstić information content (AvgIpc) is 1.89. The van der Waals surface area contributed by atoms with Gasteiger partial charge in [0.25, 0.3) is 0 Å². The molecule has 0 fully saturated rings. The number of hydrogen-bond donors (Lipinski definition) is 0. The molecule has 0 aromatic carbocycles. The summed E-state index contributed by atoms with van der Waals surface area (Å²) in [6, 6.07) is 4.15. The topological polar surface area (TPSA) is 47.6 Å². The van der Waals surface area contributed by atoms with Crippen LogP contribution in [0.4, 0.5) is 0 Å². The zero-order chi connectivity index (χ0) is 6.95. The summed E-state index contributed by atoms with van der Waals surface area (Å²) < 4.78 is 0. The van der Waals surface area contributed by atoms with E-state index in [1.54, 1.807) is 0 Å². The van der Waals surface area contributed by atoms with Crippen molar-refractivity contribution in [1.82, 2.24) is 0 Å². The van der Waals surface area contributed by atoms with E-state index in [0.717, 1.165) is 10.6 Å². The van der Waals surface area contributed by atoms with Gasteiger partial charge < -0.3 is 0 Å². The predicted molar refractivity (Wildman–Crippen MR) is 35.8 cm³/mol. The van der Waals surface area contributed by atoms with E-state index in [1.165, 1.54) is 0 Å². The molecule has 0 aliphatic heterocycles. The normalized spacial score (nSPS) is 7.78. The Bertz CT molecular complexity index is 115. The average molecular weight is 187 g/mol. The summed E-state index contributed by atoms with van der Waals surface area (Å²) in [4.78, 5) is 0. The fraction of sp³-hybridized carbons (Fsp3) is 0.667. The van der Waals surface area contributed by atoms with Gasteiger partial charge in [0.05, 0.1) is 0 Å². The third kappa shape index (κ3) is 7.50. The van der Waals surface area contributed by atoms with Crippen molar-refractivity contribution in [3.63, 3.8) is 0 Å². The summed E-state index contributed by atoms with van der Waals surface area (Å²) in [7, 11) is 0. The number of nitrogens with zero attached hydrogens (tertiary/aromatic N) is 2. The Hall–Kier alpha value is -0.501. The molecule has 0 saturated heterocycles. The second-order valence-electron chi connectivity index (χ2n) is 1.43. The van der Waals surface area contributed by atoms with E-state index in [2.05, 4.69) is 12.1 Å². The van der Waals surface area contributed by atoms with Crippen LogP contribution in [0.5, 0.6) is 0 Å². The summed E-state index contributed by atoms with van der Waals surface area (Å²) in [6.07, 6.45) is 1.32. The molecule has 0 heterocycles. The molecule has 3 heteroatoms. The van der Waals surface area contributed by atoms with Gasteiger partial charge in [-0.1, -0.05) is 0 Å². The number of rotatable bonds is 4. The van der Waals surface area contributed by atoms with Gasteiger partial charge in [0, 0.05) is 0 Å². The second-order valence-corrected chi connectivity index (χ2v) is 4.00. The molecular weight excluding hydrogens is 179 g/mol. The van der Waals surface area contributed by atoms with E-state index in [4.69, 9.17) is 10.5 Å². The van der Waals surface area contributed by atoms with Gasteiger partial charge in [-0.05, 0) is 0 Å². The molecule has 9 heavy (non-hydrogen) atoms. The fourth-order valence-electron chi connectivity index (χ4n) is 0.338. The molecule has 0 radical (unpaired) electrons. The van der Waals surface area contributed by atoms with Crippen LogP contribution in [0.1, 0.15) is 12.8 Å². The van der Waals surface area contributed by atoms with Crippen LogP contribution in [-0.4, -0.2) is 15.0 Å². The molecule has 0 aromatic rings. The van der Waals surface area contributed by atoms with Gasteiger partial charge in [0.2, 0.25) is 0 Å². The van der Waals surface area contributed by atoms with E-state index >= 15 is 0 Å². The van der Waals surface area contributed by atoms with Crippen molar-refractivity contribution < 1.29 is 0 Å². The van der Waals surface area contributed by atoms with Crippen LogP contribution in [0.3, 0.4) is 0 Å². The first-order valence-electron chi connectivity index (χ1n) is 2.73. The molecule has 0 N–H and O–H groups in total. The van der Waals surface area contributed by atoms with Gasteiger partial charge in [0.1, 0.15) is 0 Å². The van der Waals surface area contributed by atoms with E-state index in [-0.39, 0.29) is 0 Å². The second kappa shape index (κ2) is 7.50. The first kappa shape index (κ1) is 8.50. The molecular formula is C6H8N2Se. The van der Waals surface area contributed by atoms with Crippen LogP contribution in [0.15, 0.2) is 0 Å². The van der Waals surface area contributed by atoms with Gasteiger partial charge in [-0.3, -0.25) is 0 Å². The van der Waals surface area contributed by atoms with Crippen molar-refractivity contribution in [3.8, 4) is 12.1 Å². The molecule has 0 amide bonds. The zero-order valence-electron chi connectivity index (χ0n) is 5.13. The van der Waals surface area contributed by atoms with Gasteiger partial charge in [0.15, 0.2) is 0 Å². The molecule has 48 valence electrons. The van der Waals surface area contributed by atoms with Crippen molar-refractivity contribution in [1.29, 1.82) is 10.5 Å². The summed E-state index contributed by atoms with van der Waals surface area (Å²) in [6.45, 7) is 0. The molecule has 0 atom stereocenters. The SMILES string of the molecule is N#CCC[Se]CCC#N. The van der Waals surface area contributed by atoms with Crippen LogP contribution in [0, 0.1) is 22.7 Å². The van der Waals surface area contributed by atoms with Crippen LogP contribution in [0.2, 0.25) is 10.6 Å². The molecule has 0 aliphatic rings. The molecule has 0 rings (SSSR count). The summed E-state index contributed by atoms with van der Waals surface area (Å²) in [5.74, 6) is 0. The first-order chi connectivity index (χ1) is 4.41. The monoisotopic (exact) mass is 188 g/mol. The molecule has 0 spiro atoms. The summed E-state index contributed by atoms with van der Waals surface area (Å²) in [5, 5.41) is 18.2. The predicted octanol–water partition coefficient (Wildman–Crippen LogP) is 1.35. The van der Waals surface area contributed by atoms with Crippen molar-refractivity contribution in [3.05, 3.63) is 0 Å². The Morgan fingerprint density at radius 1 is 1.00 bits per heavy atom. The molecule has 0 unspecified atom stereocenters. The Kier molecular flexibility index (Phi) is 7.08. The fourth-order valence-corrected chi connectivity index (χ4v) is 1.75. The van der Waals surface area contributed by atoms with Gasteiger partial charge in [-0.25, -0.2) is 0 Å². The standard InChI is InChI=1S/C6H8N2Se/c7-3-1-5-9-6-2-4-8/h1-2,5-6H2. The first-order valence-corrected chi connectivity index (χ1v) is 5.15. The van der Waals surface area contributed by atoms with Gasteiger partial charge >= 0.3 is 61.1 Å².